The van der Waals surface area contributed by atoms with Gasteiger partial charge in [0.25, 0.3) is 11.2 Å². The highest BCUT2D eigenvalue weighted by Crippen LogP contribution is 2.21. The minimum absolute atomic E-state index is 0.120. The molecule has 0 bridgehead atoms. The van der Waals surface area contributed by atoms with E-state index in [9.17, 15) is 19.7 Å². The van der Waals surface area contributed by atoms with Crippen molar-refractivity contribution in [2.75, 3.05) is 5.32 Å². The molecule has 1 aromatic heterocycles. The summed E-state index contributed by atoms with van der Waals surface area (Å²) in [6.45, 7) is 3.35. The molecule has 0 saturated heterocycles. The van der Waals surface area contributed by atoms with Crippen molar-refractivity contribution in [1.29, 1.82) is 0 Å². The van der Waals surface area contributed by atoms with Crippen LogP contribution in [0.4, 0.5) is 11.4 Å². The molecule has 3 aromatic rings. The van der Waals surface area contributed by atoms with Crippen molar-refractivity contribution in [3.05, 3.63) is 74.3 Å². The predicted molar refractivity (Wildman–Crippen MR) is 97.2 cm³/mol. The van der Waals surface area contributed by atoms with Gasteiger partial charge in [0, 0.05) is 12.1 Å². The maximum Gasteiger partial charge on any atom is 0.271 e. The molecule has 0 atom stereocenters. The zero-order chi connectivity index (χ0) is 18.8. The number of non-ortho nitro benzene ring substituents is 1. The van der Waals surface area contributed by atoms with Crippen LogP contribution in [0.3, 0.4) is 0 Å². The molecule has 0 saturated carbocycles. The number of fused-ring (bicyclic) bond motifs is 1. The molecule has 1 heterocycles. The van der Waals surface area contributed by atoms with E-state index in [2.05, 4.69) is 10.3 Å². The van der Waals surface area contributed by atoms with E-state index in [1.54, 1.807) is 25.1 Å². The van der Waals surface area contributed by atoms with Gasteiger partial charge < -0.3 is 5.32 Å². The molecule has 0 spiro atoms. The van der Waals surface area contributed by atoms with Gasteiger partial charge in [0.05, 0.1) is 27.8 Å². The summed E-state index contributed by atoms with van der Waals surface area (Å²) in [5, 5.41) is 13.9. The minimum atomic E-state index is -0.533. The first-order valence-corrected chi connectivity index (χ1v) is 7.86. The van der Waals surface area contributed by atoms with Crippen LogP contribution in [0.25, 0.3) is 10.9 Å². The van der Waals surface area contributed by atoms with E-state index in [1.807, 2.05) is 13.0 Å². The first kappa shape index (κ1) is 17.3. The molecular weight excluding hydrogens is 336 g/mol. The van der Waals surface area contributed by atoms with Crippen LogP contribution in [0, 0.1) is 24.0 Å². The van der Waals surface area contributed by atoms with Crippen molar-refractivity contribution in [2.24, 2.45) is 0 Å². The summed E-state index contributed by atoms with van der Waals surface area (Å²) in [5.74, 6) is -0.468. The number of aromatic nitrogens is 2. The van der Waals surface area contributed by atoms with Gasteiger partial charge in [0.15, 0.2) is 0 Å². The van der Waals surface area contributed by atoms with Crippen molar-refractivity contribution in [3.8, 4) is 0 Å². The van der Waals surface area contributed by atoms with Crippen LogP contribution in [-0.2, 0) is 11.3 Å². The molecule has 8 heteroatoms. The monoisotopic (exact) mass is 352 g/mol. The lowest BCUT2D eigenvalue weighted by Crippen LogP contribution is -2.28. The molecule has 132 valence electrons. The standard InChI is InChI=1S/C18H16N4O4/c1-11-6-7-13(22(25)26)8-15(11)20-16(23)9-21-10-19-17-12(2)4-3-5-14(17)18(21)24/h3-8,10H,9H2,1-2H3,(H,20,23). The Labute approximate surface area is 148 Å². The number of rotatable bonds is 4. The van der Waals surface area contributed by atoms with Crippen molar-refractivity contribution in [1.82, 2.24) is 9.55 Å². The van der Waals surface area contributed by atoms with Crippen molar-refractivity contribution in [3.63, 3.8) is 0 Å². The average Bonchev–Trinajstić information content (AvgIpc) is 2.59. The first-order valence-electron chi connectivity index (χ1n) is 7.86. The van der Waals surface area contributed by atoms with Crippen molar-refractivity contribution >= 4 is 28.2 Å². The molecule has 0 aliphatic carbocycles. The van der Waals surface area contributed by atoms with Gasteiger partial charge in [-0.3, -0.25) is 24.3 Å². The number of carbonyl (C=O) groups is 1. The lowest BCUT2D eigenvalue weighted by molar-refractivity contribution is -0.384. The summed E-state index contributed by atoms with van der Waals surface area (Å²) in [6.07, 6.45) is 1.33. The van der Waals surface area contributed by atoms with Gasteiger partial charge in [0.1, 0.15) is 6.54 Å². The second-order valence-corrected chi connectivity index (χ2v) is 5.95. The summed E-state index contributed by atoms with van der Waals surface area (Å²) in [5.41, 5.74) is 2.06. The largest absolute Gasteiger partial charge is 0.324 e. The second kappa shape index (κ2) is 6.75. The third-order valence-electron chi connectivity index (χ3n) is 4.08. The number of carbonyl (C=O) groups excluding carboxylic acids is 1. The number of nitro benzene ring substituents is 1. The molecule has 26 heavy (non-hydrogen) atoms. The van der Waals surface area contributed by atoms with E-state index in [-0.39, 0.29) is 17.8 Å². The summed E-state index contributed by atoms with van der Waals surface area (Å²) in [7, 11) is 0. The van der Waals surface area contributed by atoms with Crippen molar-refractivity contribution < 1.29 is 9.72 Å². The number of amides is 1. The highest BCUT2D eigenvalue weighted by molar-refractivity contribution is 5.92. The molecule has 0 aliphatic heterocycles. The normalized spacial score (nSPS) is 10.7. The summed E-state index contributed by atoms with van der Waals surface area (Å²) in [4.78, 5) is 39.4. The number of anilines is 1. The first-order chi connectivity index (χ1) is 12.4. The third-order valence-corrected chi connectivity index (χ3v) is 4.08. The SMILES string of the molecule is Cc1ccc([N+](=O)[O-])cc1NC(=O)Cn1cnc2c(C)cccc2c1=O. The van der Waals surface area contributed by atoms with Crippen molar-refractivity contribution in [2.45, 2.75) is 20.4 Å². The fraction of sp³-hybridized carbons (Fsp3) is 0.167. The highest BCUT2D eigenvalue weighted by atomic mass is 16.6. The molecule has 3 rings (SSSR count). The third kappa shape index (κ3) is 3.30. The number of hydrogen-bond acceptors (Lipinski definition) is 5. The fourth-order valence-corrected chi connectivity index (χ4v) is 2.65. The molecule has 0 aliphatic rings. The van der Waals surface area contributed by atoms with E-state index in [1.165, 1.54) is 23.0 Å². The summed E-state index contributed by atoms with van der Waals surface area (Å²) >= 11 is 0. The van der Waals surface area contributed by atoms with Gasteiger partial charge in [-0.05, 0) is 31.0 Å². The topological polar surface area (TPSA) is 107 Å². The number of nitrogens with zero attached hydrogens (tertiary/aromatic N) is 3. The number of nitrogens with one attached hydrogen (secondary N) is 1. The highest BCUT2D eigenvalue weighted by Gasteiger charge is 2.13. The number of nitro groups is 1. The van der Waals surface area contributed by atoms with E-state index in [0.717, 1.165) is 5.56 Å². The number of benzene rings is 2. The van der Waals surface area contributed by atoms with Gasteiger partial charge >= 0.3 is 0 Å². The number of para-hydroxylation sites is 1. The van der Waals surface area contributed by atoms with E-state index in [4.69, 9.17) is 0 Å². The van der Waals surface area contributed by atoms with Crippen LogP contribution in [0.5, 0.6) is 0 Å². The fourth-order valence-electron chi connectivity index (χ4n) is 2.65. The lowest BCUT2D eigenvalue weighted by Gasteiger charge is -2.10. The van der Waals surface area contributed by atoms with Crippen LogP contribution in [-0.4, -0.2) is 20.4 Å². The molecular formula is C18H16N4O4. The van der Waals surface area contributed by atoms with E-state index >= 15 is 0 Å². The molecule has 8 nitrogen and oxygen atoms in total. The van der Waals surface area contributed by atoms with Crippen LogP contribution in [0.1, 0.15) is 11.1 Å². The van der Waals surface area contributed by atoms with Crippen LogP contribution in [0.15, 0.2) is 47.5 Å². The summed E-state index contributed by atoms with van der Waals surface area (Å²) in [6, 6.07) is 9.49. The maximum absolute atomic E-state index is 12.5. The predicted octanol–water partition coefficient (Wildman–Crippen LogP) is 2.56. The Morgan fingerprint density at radius 3 is 2.73 bits per heavy atom. The Balaban J connectivity index is 1.86. The molecule has 2 aromatic carbocycles. The quantitative estimate of drug-likeness (QED) is 0.573. The number of hydrogen-bond donors (Lipinski definition) is 1. The Morgan fingerprint density at radius 2 is 2.00 bits per heavy atom. The number of aryl methyl sites for hydroxylation is 2. The van der Waals surface area contributed by atoms with Gasteiger partial charge in [-0.15, -0.1) is 0 Å². The van der Waals surface area contributed by atoms with Crippen LogP contribution < -0.4 is 10.9 Å². The lowest BCUT2D eigenvalue weighted by atomic mass is 10.1. The van der Waals surface area contributed by atoms with Gasteiger partial charge in [0.2, 0.25) is 5.91 Å². The Kier molecular flexibility index (Phi) is 4.49. The van der Waals surface area contributed by atoms with Crippen LogP contribution >= 0.6 is 0 Å². The molecule has 0 radical (unpaired) electrons. The smallest absolute Gasteiger partial charge is 0.271 e. The average molecular weight is 352 g/mol. The van der Waals surface area contributed by atoms with Crippen LogP contribution in [0.2, 0.25) is 0 Å². The zero-order valence-corrected chi connectivity index (χ0v) is 14.2. The zero-order valence-electron chi connectivity index (χ0n) is 14.2. The Bertz CT molecular complexity index is 1090. The molecule has 1 amide bonds. The minimum Gasteiger partial charge on any atom is -0.324 e. The van der Waals surface area contributed by atoms with Gasteiger partial charge in [-0.1, -0.05) is 18.2 Å². The van der Waals surface area contributed by atoms with E-state index < -0.39 is 10.8 Å². The van der Waals surface area contributed by atoms with Gasteiger partial charge in [-0.2, -0.15) is 0 Å². The molecule has 1 N–H and O–H groups in total. The molecule has 0 fully saturated rings. The molecule has 0 unspecified atom stereocenters. The maximum atomic E-state index is 12.5. The Morgan fingerprint density at radius 1 is 1.23 bits per heavy atom. The van der Waals surface area contributed by atoms with Gasteiger partial charge in [-0.25, -0.2) is 4.98 Å². The summed E-state index contributed by atoms with van der Waals surface area (Å²) < 4.78 is 1.21. The van der Waals surface area contributed by atoms with E-state index in [0.29, 0.717) is 22.2 Å². The Hall–Kier alpha value is -3.55. The second-order valence-electron chi connectivity index (χ2n) is 5.95.